The van der Waals surface area contributed by atoms with E-state index >= 15 is 0 Å². The fraction of sp³-hybridized carbons (Fsp3) is 0.167. The Bertz CT molecular complexity index is 794. The lowest BCUT2D eigenvalue weighted by Crippen LogP contribution is -2.15. The van der Waals surface area contributed by atoms with Crippen molar-refractivity contribution in [2.24, 2.45) is 0 Å². The molecule has 0 spiro atoms. The summed E-state index contributed by atoms with van der Waals surface area (Å²) in [5.74, 6) is 0.587. The van der Waals surface area contributed by atoms with Gasteiger partial charge in [-0.25, -0.2) is 0 Å². The molecule has 6 heteroatoms. The standard InChI is InChI=1S/C18H13F3O3/c19-18(20,21)14-4-2-1-3-12(14)5-7-15(22)13-6-8-16-17(11-13)24-10-9-23-16/h1-8,11H,9-10H2/b7-5+. The van der Waals surface area contributed by atoms with Crippen molar-refractivity contribution < 1.29 is 27.4 Å². The molecule has 1 aliphatic heterocycles. The molecule has 0 saturated heterocycles. The van der Waals surface area contributed by atoms with Gasteiger partial charge in [-0.3, -0.25) is 4.79 Å². The van der Waals surface area contributed by atoms with Gasteiger partial charge in [0.15, 0.2) is 17.3 Å². The van der Waals surface area contributed by atoms with Crippen LogP contribution in [-0.4, -0.2) is 19.0 Å². The van der Waals surface area contributed by atoms with E-state index in [9.17, 15) is 18.0 Å². The number of allylic oxidation sites excluding steroid dienone is 1. The van der Waals surface area contributed by atoms with Crippen LogP contribution < -0.4 is 9.47 Å². The summed E-state index contributed by atoms with van der Waals surface area (Å²) in [6.45, 7) is 0.827. The summed E-state index contributed by atoms with van der Waals surface area (Å²) in [5.41, 5.74) is -0.521. The average molecular weight is 334 g/mol. The Balaban J connectivity index is 1.84. The minimum Gasteiger partial charge on any atom is -0.486 e. The molecule has 3 nitrogen and oxygen atoms in total. The van der Waals surface area contributed by atoms with Gasteiger partial charge < -0.3 is 9.47 Å². The van der Waals surface area contributed by atoms with E-state index in [1.54, 1.807) is 12.1 Å². The highest BCUT2D eigenvalue weighted by molar-refractivity contribution is 6.07. The van der Waals surface area contributed by atoms with E-state index in [1.807, 2.05) is 0 Å². The number of rotatable bonds is 3. The molecular formula is C18H13F3O3. The first-order valence-electron chi connectivity index (χ1n) is 7.23. The molecule has 2 aromatic carbocycles. The largest absolute Gasteiger partial charge is 0.486 e. The van der Waals surface area contributed by atoms with Gasteiger partial charge in [0.25, 0.3) is 0 Å². The van der Waals surface area contributed by atoms with E-state index in [4.69, 9.17) is 9.47 Å². The number of ether oxygens (including phenoxy) is 2. The van der Waals surface area contributed by atoms with Crippen LogP contribution >= 0.6 is 0 Å². The van der Waals surface area contributed by atoms with Crippen molar-refractivity contribution in [1.29, 1.82) is 0 Å². The maximum Gasteiger partial charge on any atom is 0.416 e. The van der Waals surface area contributed by atoms with Crippen LogP contribution in [0.25, 0.3) is 6.08 Å². The summed E-state index contributed by atoms with van der Waals surface area (Å²) in [7, 11) is 0. The molecule has 0 atom stereocenters. The molecule has 24 heavy (non-hydrogen) atoms. The molecule has 0 fully saturated rings. The number of alkyl halides is 3. The minimum atomic E-state index is -4.47. The first-order chi connectivity index (χ1) is 11.4. The van der Waals surface area contributed by atoms with Crippen molar-refractivity contribution in [3.63, 3.8) is 0 Å². The van der Waals surface area contributed by atoms with E-state index in [0.717, 1.165) is 12.1 Å². The monoisotopic (exact) mass is 334 g/mol. The summed E-state index contributed by atoms with van der Waals surface area (Å²) in [5, 5.41) is 0. The topological polar surface area (TPSA) is 35.5 Å². The lowest BCUT2D eigenvalue weighted by Gasteiger charge is -2.18. The smallest absolute Gasteiger partial charge is 0.416 e. The van der Waals surface area contributed by atoms with Crippen LogP contribution in [0, 0.1) is 0 Å². The molecule has 3 rings (SSSR count). The molecule has 124 valence electrons. The zero-order valence-electron chi connectivity index (χ0n) is 12.5. The number of benzene rings is 2. The molecule has 2 aromatic rings. The van der Waals surface area contributed by atoms with Crippen molar-refractivity contribution in [1.82, 2.24) is 0 Å². The predicted octanol–water partition coefficient (Wildman–Crippen LogP) is 4.37. The summed E-state index contributed by atoms with van der Waals surface area (Å²) in [6, 6.07) is 9.78. The Kier molecular flexibility index (Phi) is 4.29. The molecule has 0 aromatic heterocycles. The summed E-state index contributed by atoms with van der Waals surface area (Å²) in [4.78, 5) is 12.2. The number of carbonyl (C=O) groups is 1. The SMILES string of the molecule is O=C(/C=C/c1ccccc1C(F)(F)F)c1ccc2c(c1)OCCO2. The molecular weight excluding hydrogens is 321 g/mol. The highest BCUT2D eigenvalue weighted by Crippen LogP contribution is 2.33. The Morgan fingerprint density at radius 2 is 1.71 bits per heavy atom. The van der Waals surface area contributed by atoms with Crippen LogP contribution in [-0.2, 0) is 6.18 Å². The summed E-state index contributed by atoms with van der Waals surface area (Å²) >= 11 is 0. The average Bonchev–Trinajstić information content (AvgIpc) is 2.58. The second-order valence-electron chi connectivity index (χ2n) is 5.14. The van der Waals surface area contributed by atoms with Crippen LogP contribution in [0.2, 0.25) is 0 Å². The number of halogens is 3. The Morgan fingerprint density at radius 3 is 2.46 bits per heavy atom. The fourth-order valence-electron chi connectivity index (χ4n) is 2.36. The van der Waals surface area contributed by atoms with E-state index in [2.05, 4.69) is 0 Å². The highest BCUT2D eigenvalue weighted by Gasteiger charge is 2.32. The van der Waals surface area contributed by atoms with E-state index in [-0.39, 0.29) is 5.56 Å². The first-order valence-corrected chi connectivity index (χ1v) is 7.23. The molecule has 0 bridgehead atoms. The molecule has 0 unspecified atom stereocenters. The lowest BCUT2D eigenvalue weighted by atomic mass is 10.0. The maximum atomic E-state index is 12.9. The van der Waals surface area contributed by atoms with Gasteiger partial charge in [0, 0.05) is 5.56 Å². The van der Waals surface area contributed by atoms with Crippen LogP contribution in [0.1, 0.15) is 21.5 Å². The van der Waals surface area contributed by atoms with Gasteiger partial charge in [0.05, 0.1) is 5.56 Å². The zero-order valence-corrected chi connectivity index (χ0v) is 12.5. The number of fused-ring (bicyclic) bond motifs is 1. The summed E-state index contributed by atoms with van der Waals surface area (Å²) in [6.07, 6.45) is -2.18. The van der Waals surface area contributed by atoms with E-state index < -0.39 is 17.5 Å². The van der Waals surface area contributed by atoms with Crippen LogP contribution in [0.3, 0.4) is 0 Å². The fourth-order valence-corrected chi connectivity index (χ4v) is 2.36. The van der Waals surface area contributed by atoms with Gasteiger partial charge in [0.1, 0.15) is 13.2 Å². The van der Waals surface area contributed by atoms with Crippen molar-refractivity contribution in [2.75, 3.05) is 13.2 Å². The molecule has 0 saturated carbocycles. The second-order valence-corrected chi connectivity index (χ2v) is 5.14. The third-order valence-electron chi connectivity index (χ3n) is 3.51. The number of hydrogen-bond donors (Lipinski definition) is 0. The highest BCUT2D eigenvalue weighted by atomic mass is 19.4. The Hall–Kier alpha value is -2.76. The molecule has 0 amide bonds. The van der Waals surface area contributed by atoms with Crippen molar-refractivity contribution >= 4 is 11.9 Å². The maximum absolute atomic E-state index is 12.9. The van der Waals surface area contributed by atoms with Gasteiger partial charge in [0.2, 0.25) is 0 Å². The predicted molar refractivity (Wildman–Crippen MR) is 82.2 cm³/mol. The molecule has 1 aliphatic rings. The van der Waals surface area contributed by atoms with Gasteiger partial charge in [-0.2, -0.15) is 13.2 Å². The Morgan fingerprint density at radius 1 is 1.00 bits per heavy atom. The molecule has 1 heterocycles. The molecule has 0 aliphatic carbocycles. The number of hydrogen-bond acceptors (Lipinski definition) is 3. The van der Waals surface area contributed by atoms with E-state index in [1.165, 1.54) is 30.3 Å². The van der Waals surface area contributed by atoms with Crippen LogP contribution in [0.5, 0.6) is 11.5 Å². The quantitative estimate of drug-likeness (QED) is 0.617. The minimum absolute atomic E-state index is 0.0594. The number of ketones is 1. The molecule has 0 N–H and O–H groups in total. The van der Waals surface area contributed by atoms with Gasteiger partial charge >= 0.3 is 6.18 Å². The third kappa shape index (κ3) is 3.42. The lowest BCUT2D eigenvalue weighted by molar-refractivity contribution is -0.137. The molecule has 0 radical (unpaired) electrons. The number of carbonyl (C=O) groups excluding carboxylic acids is 1. The van der Waals surface area contributed by atoms with Gasteiger partial charge in [-0.1, -0.05) is 24.3 Å². The van der Waals surface area contributed by atoms with Gasteiger partial charge in [-0.15, -0.1) is 0 Å². The second kappa shape index (κ2) is 6.39. The zero-order chi connectivity index (χ0) is 17.2. The van der Waals surface area contributed by atoms with Crippen LogP contribution in [0.4, 0.5) is 13.2 Å². The normalized spacial score (nSPS) is 14.0. The third-order valence-corrected chi connectivity index (χ3v) is 3.51. The Labute approximate surface area is 136 Å². The van der Waals surface area contributed by atoms with Crippen LogP contribution in [0.15, 0.2) is 48.5 Å². The van der Waals surface area contributed by atoms with Gasteiger partial charge in [-0.05, 0) is 35.9 Å². The van der Waals surface area contributed by atoms with Crippen molar-refractivity contribution in [2.45, 2.75) is 6.18 Å². The van der Waals surface area contributed by atoms with E-state index in [0.29, 0.717) is 30.3 Å². The first kappa shape index (κ1) is 16.1. The van der Waals surface area contributed by atoms with Crippen molar-refractivity contribution in [3.8, 4) is 11.5 Å². The summed E-state index contributed by atoms with van der Waals surface area (Å²) < 4.78 is 49.6. The van der Waals surface area contributed by atoms with Crippen molar-refractivity contribution in [3.05, 3.63) is 65.2 Å².